The number of carboxylic acid groups (broad SMARTS) is 1. The maximum Gasteiger partial charge on any atom is 0.303 e. The van der Waals surface area contributed by atoms with Crippen molar-refractivity contribution >= 4 is 27.0 Å². The molecule has 0 saturated heterocycles. The second kappa shape index (κ2) is 5.78. The molecule has 0 saturated carbocycles. The van der Waals surface area contributed by atoms with Crippen molar-refractivity contribution in [2.45, 2.75) is 24.7 Å². The van der Waals surface area contributed by atoms with Gasteiger partial charge in [0.15, 0.2) is 5.65 Å². The first-order chi connectivity index (χ1) is 9.81. The summed E-state index contributed by atoms with van der Waals surface area (Å²) in [6, 6.07) is 1.52. The fraction of sp³-hybridized carbons (Fsp3) is 0.417. The van der Waals surface area contributed by atoms with E-state index in [0.29, 0.717) is 16.7 Å². The van der Waals surface area contributed by atoms with E-state index in [9.17, 15) is 13.2 Å². The molecule has 0 unspecified atom stereocenters. The molecule has 0 atom stereocenters. The molecular weight excluding hydrogens is 296 g/mol. The summed E-state index contributed by atoms with van der Waals surface area (Å²) < 4.78 is 28.2. The molecule has 2 rings (SSSR count). The Labute approximate surface area is 121 Å². The Kier molecular flexibility index (Phi) is 4.24. The Balaban J connectivity index is 2.20. The summed E-state index contributed by atoms with van der Waals surface area (Å²) >= 11 is 0. The van der Waals surface area contributed by atoms with Crippen molar-refractivity contribution in [1.29, 1.82) is 0 Å². The number of carboxylic acids is 1. The molecule has 0 aliphatic heterocycles. The number of carbonyl (C=O) groups is 1. The first-order valence-electron chi connectivity index (χ1n) is 6.32. The third-order valence-corrected chi connectivity index (χ3v) is 4.44. The Morgan fingerprint density at radius 2 is 2.19 bits per heavy atom. The number of pyridine rings is 1. The summed E-state index contributed by atoms with van der Waals surface area (Å²) in [5.41, 5.74) is 1.31. The molecule has 0 aliphatic rings. The van der Waals surface area contributed by atoms with Gasteiger partial charge in [-0.15, -0.1) is 0 Å². The second-order valence-electron chi connectivity index (χ2n) is 4.65. The fourth-order valence-electron chi connectivity index (χ4n) is 1.97. The van der Waals surface area contributed by atoms with Crippen molar-refractivity contribution in [2.24, 2.45) is 7.05 Å². The van der Waals surface area contributed by atoms with Gasteiger partial charge in [0.25, 0.3) is 0 Å². The van der Waals surface area contributed by atoms with Gasteiger partial charge in [-0.05, 0) is 19.4 Å². The smallest absolute Gasteiger partial charge is 0.303 e. The molecule has 0 radical (unpaired) electrons. The first-order valence-corrected chi connectivity index (χ1v) is 7.80. The van der Waals surface area contributed by atoms with Crippen LogP contribution in [-0.4, -0.2) is 40.8 Å². The van der Waals surface area contributed by atoms with Crippen molar-refractivity contribution in [1.82, 2.24) is 19.5 Å². The molecule has 0 amide bonds. The van der Waals surface area contributed by atoms with Crippen LogP contribution >= 0.6 is 0 Å². The van der Waals surface area contributed by atoms with E-state index in [4.69, 9.17) is 5.11 Å². The summed E-state index contributed by atoms with van der Waals surface area (Å²) in [7, 11) is -1.96. The number of aryl methyl sites for hydroxylation is 2. The molecule has 0 spiro atoms. The minimum Gasteiger partial charge on any atom is -0.481 e. The number of hydrogen-bond acceptors (Lipinski definition) is 5. The maximum atomic E-state index is 12.1. The molecule has 0 aliphatic carbocycles. The second-order valence-corrected chi connectivity index (χ2v) is 6.41. The summed E-state index contributed by atoms with van der Waals surface area (Å²) in [5, 5.41) is 13.4. The molecule has 2 heterocycles. The molecule has 114 valence electrons. The standard InChI is InChI=1S/C12H16N4O4S/c1-8-10-6-9(7-13-12(10)16(2)15-8)21(19,20)14-5-3-4-11(17)18/h6-7,14H,3-5H2,1-2H3,(H,17,18). The number of nitrogens with one attached hydrogen (secondary N) is 1. The predicted octanol–water partition coefficient (Wildman–Crippen LogP) is 0.420. The summed E-state index contributed by atoms with van der Waals surface area (Å²) in [5.74, 6) is -0.955. The van der Waals surface area contributed by atoms with Gasteiger partial charge < -0.3 is 5.11 Å². The number of hydrogen-bond donors (Lipinski definition) is 2. The largest absolute Gasteiger partial charge is 0.481 e. The highest BCUT2D eigenvalue weighted by molar-refractivity contribution is 7.89. The third kappa shape index (κ3) is 3.37. The van der Waals surface area contributed by atoms with Crippen LogP contribution in [0.15, 0.2) is 17.2 Å². The van der Waals surface area contributed by atoms with E-state index >= 15 is 0 Å². The molecule has 8 nitrogen and oxygen atoms in total. The monoisotopic (exact) mass is 312 g/mol. The van der Waals surface area contributed by atoms with Crippen LogP contribution in [0.2, 0.25) is 0 Å². The molecule has 2 aromatic rings. The van der Waals surface area contributed by atoms with Crippen LogP contribution in [-0.2, 0) is 21.9 Å². The van der Waals surface area contributed by atoms with E-state index in [0.717, 1.165) is 0 Å². The zero-order chi connectivity index (χ0) is 15.6. The summed E-state index contributed by atoms with van der Waals surface area (Å²) in [6.45, 7) is 1.85. The molecule has 0 bridgehead atoms. The van der Waals surface area contributed by atoms with Crippen LogP contribution in [0.3, 0.4) is 0 Å². The Morgan fingerprint density at radius 1 is 1.48 bits per heavy atom. The van der Waals surface area contributed by atoms with Crippen LogP contribution in [0.1, 0.15) is 18.5 Å². The van der Waals surface area contributed by atoms with Crippen molar-refractivity contribution < 1.29 is 18.3 Å². The van der Waals surface area contributed by atoms with Gasteiger partial charge in [-0.1, -0.05) is 0 Å². The van der Waals surface area contributed by atoms with E-state index in [-0.39, 0.29) is 24.3 Å². The van der Waals surface area contributed by atoms with Crippen LogP contribution in [0.5, 0.6) is 0 Å². The molecule has 0 aromatic carbocycles. The molecule has 21 heavy (non-hydrogen) atoms. The van der Waals surface area contributed by atoms with Crippen LogP contribution in [0.25, 0.3) is 11.0 Å². The highest BCUT2D eigenvalue weighted by Gasteiger charge is 2.17. The molecule has 9 heteroatoms. The lowest BCUT2D eigenvalue weighted by Crippen LogP contribution is -2.25. The topological polar surface area (TPSA) is 114 Å². The van der Waals surface area contributed by atoms with Crippen molar-refractivity contribution in [3.05, 3.63) is 18.0 Å². The Morgan fingerprint density at radius 3 is 2.86 bits per heavy atom. The molecular formula is C12H16N4O4S. The molecule has 2 aromatic heterocycles. The minimum absolute atomic E-state index is 0.0430. The van der Waals surface area contributed by atoms with E-state index in [1.165, 1.54) is 12.3 Å². The van der Waals surface area contributed by atoms with E-state index in [1.54, 1.807) is 18.7 Å². The molecule has 2 N–H and O–H groups in total. The highest BCUT2D eigenvalue weighted by Crippen LogP contribution is 2.19. The minimum atomic E-state index is -3.70. The fourth-order valence-corrected chi connectivity index (χ4v) is 3.01. The number of nitrogens with zero attached hydrogens (tertiary/aromatic N) is 3. The van der Waals surface area contributed by atoms with Crippen LogP contribution in [0, 0.1) is 6.92 Å². The SMILES string of the molecule is Cc1nn(C)c2ncc(S(=O)(=O)NCCCC(=O)O)cc12. The average Bonchev–Trinajstić information content (AvgIpc) is 2.70. The van der Waals surface area contributed by atoms with Gasteiger partial charge in [0.1, 0.15) is 4.90 Å². The lowest BCUT2D eigenvalue weighted by molar-refractivity contribution is -0.137. The van der Waals surface area contributed by atoms with Gasteiger partial charge in [0.2, 0.25) is 10.0 Å². The lowest BCUT2D eigenvalue weighted by Gasteiger charge is -2.06. The number of sulfonamides is 1. The van der Waals surface area contributed by atoms with Crippen molar-refractivity contribution in [3.63, 3.8) is 0 Å². The number of rotatable bonds is 6. The van der Waals surface area contributed by atoms with Crippen LogP contribution < -0.4 is 4.72 Å². The quantitative estimate of drug-likeness (QED) is 0.747. The van der Waals surface area contributed by atoms with Gasteiger partial charge in [0.05, 0.1) is 5.69 Å². The average molecular weight is 312 g/mol. The number of aromatic nitrogens is 3. The molecule has 0 fully saturated rings. The van der Waals surface area contributed by atoms with Gasteiger partial charge in [-0.3, -0.25) is 9.48 Å². The van der Waals surface area contributed by atoms with Crippen molar-refractivity contribution in [3.8, 4) is 0 Å². The predicted molar refractivity (Wildman–Crippen MR) is 75.3 cm³/mol. The van der Waals surface area contributed by atoms with Gasteiger partial charge in [0, 0.05) is 31.6 Å². The Bertz CT molecular complexity index is 782. The van der Waals surface area contributed by atoms with Crippen molar-refractivity contribution in [2.75, 3.05) is 6.54 Å². The Hall–Kier alpha value is -2.00. The third-order valence-electron chi connectivity index (χ3n) is 3.01. The van der Waals surface area contributed by atoms with E-state index in [1.807, 2.05) is 0 Å². The first kappa shape index (κ1) is 15.4. The zero-order valence-corrected chi connectivity index (χ0v) is 12.5. The number of aliphatic carboxylic acids is 1. The van der Waals surface area contributed by atoms with Gasteiger partial charge in [-0.2, -0.15) is 5.10 Å². The van der Waals surface area contributed by atoms with E-state index < -0.39 is 16.0 Å². The maximum absolute atomic E-state index is 12.1. The van der Waals surface area contributed by atoms with E-state index in [2.05, 4.69) is 14.8 Å². The summed E-state index contributed by atoms with van der Waals surface area (Å²) in [4.78, 5) is 14.5. The normalized spacial score (nSPS) is 11.9. The van der Waals surface area contributed by atoms with Crippen LogP contribution in [0.4, 0.5) is 0 Å². The highest BCUT2D eigenvalue weighted by atomic mass is 32.2. The van der Waals surface area contributed by atoms with Gasteiger partial charge in [-0.25, -0.2) is 18.1 Å². The zero-order valence-electron chi connectivity index (χ0n) is 11.7. The van der Waals surface area contributed by atoms with Gasteiger partial charge >= 0.3 is 5.97 Å². The summed E-state index contributed by atoms with van der Waals surface area (Å²) in [6.07, 6.45) is 1.42. The lowest BCUT2D eigenvalue weighted by atomic mass is 10.3. The number of fused-ring (bicyclic) bond motifs is 1.